The summed E-state index contributed by atoms with van der Waals surface area (Å²) in [7, 11) is 0. The summed E-state index contributed by atoms with van der Waals surface area (Å²) >= 11 is 0. The molecule has 0 aliphatic rings. The van der Waals surface area contributed by atoms with Gasteiger partial charge in [0.15, 0.2) is 0 Å². The zero-order valence-corrected chi connectivity index (χ0v) is 11.8. The van der Waals surface area contributed by atoms with E-state index in [1.54, 1.807) is 0 Å². The first-order chi connectivity index (χ1) is 8.15. The first kappa shape index (κ1) is 16.4. The van der Waals surface area contributed by atoms with Crippen molar-refractivity contribution in [1.29, 1.82) is 0 Å². The van der Waals surface area contributed by atoms with Gasteiger partial charge in [0.1, 0.15) is 0 Å². The van der Waals surface area contributed by atoms with Crippen molar-refractivity contribution in [2.24, 2.45) is 11.7 Å². The number of rotatable bonds is 10. The topological polar surface area (TPSA) is 55.1 Å². The predicted molar refractivity (Wildman–Crippen MR) is 73.8 cm³/mol. The lowest BCUT2D eigenvalue weighted by Gasteiger charge is -2.17. The second kappa shape index (κ2) is 10.6. The molecule has 17 heavy (non-hydrogen) atoms. The van der Waals surface area contributed by atoms with Crippen molar-refractivity contribution in [2.45, 2.75) is 71.8 Å². The average Bonchev–Trinajstić information content (AvgIpc) is 2.35. The van der Waals surface area contributed by atoms with Crippen LogP contribution < -0.4 is 11.1 Å². The summed E-state index contributed by atoms with van der Waals surface area (Å²) in [5, 5.41) is 2.99. The lowest BCUT2D eigenvalue weighted by atomic mass is 9.99. The SMILES string of the molecule is CCCCC(CC)CNC(=O)[C@@H](N)CCCC. The van der Waals surface area contributed by atoms with Crippen molar-refractivity contribution < 1.29 is 4.79 Å². The quantitative estimate of drug-likeness (QED) is 0.619. The molecule has 0 radical (unpaired) electrons. The number of hydrogen-bond donors (Lipinski definition) is 2. The lowest BCUT2D eigenvalue weighted by molar-refractivity contribution is -0.122. The molecule has 0 saturated carbocycles. The highest BCUT2D eigenvalue weighted by Gasteiger charge is 2.14. The molecule has 1 unspecified atom stereocenters. The first-order valence-electron chi connectivity index (χ1n) is 7.18. The summed E-state index contributed by atoms with van der Waals surface area (Å²) in [4.78, 5) is 11.7. The molecule has 102 valence electrons. The van der Waals surface area contributed by atoms with Crippen molar-refractivity contribution in [3.8, 4) is 0 Å². The van der Waals surface area contributed by atoms with Gasteiger partial charge in [-0.3, -0.25) is 4.79 Å². The number of hydrogen-bond acceptors (Lipinski definition) is 2. The van der Waals surface area contributed by atoms with E-state index in [0.717, 1.165) is 32.2 Å². The number of unbranched alkanes of at least 4 members (excludes halogenated alkanes) is 2. The minimum absolute atomic E-state index is 0.0217. The Bertz CT molecular complexity index is 195. The van der Waals surface area contributed by atoms with Gasteiger partial charge in [-0.15, -0.1) is 0 Å². The second-order valence-electron chi connectivity index (χ2n) is 4.91. The fourth-order valence-corrected chi connectivity index (χ4v) is 1.87. The number of nitrogens with two attached hydrogens (primary N) is 1. The molecule has 0 spiro atoms. The molecule has 0 aromatic heterocycles. The van der Waals surface area contributed by atoms with Gasteiger partial charge in [-0.05, 0) is 18.8 Å². The van der Waals surface area contributed by atoms with Gasteiger partial charge in [-0.2, -0.15) is 0 Å². The Morgan fingerprint density at radius 2 is 1.71 bits per heavy atom. The van der Waals surface area contributed by atoms with E-state index < -0.39 is 0 Å². The maximum absolute atomic E-state index is 11.7. The van der Waals surface area contributed by atoms with Crippen LogP contribution in [0.2, 0.25) is 0 Å². The predicted octanol–water partition coefficient (Wildman–Crippen LogP) is 2.84. The molecule has 0 heterocycles. The van der Waals surface area contributed by atoms with Gasteiger partial charge in [0, 0.05) is 6.54 Å². The Morgan fingerprint density at radius 1 is 1.12 bits per heavy atom. The van der Waals surface area contributed by atoms with E-state index in [4.69, 9.17) is 5.73 Å². The Morgan fingerprint density at radius 3 is 2.24 bits per heavy atom. The minimum atomic E-state index is -0.321. The van der Waals surface area contributed by atoms with Crippen LogP contribution in [-0.2, 0) is 4.79 Å². The molecule has 0 aromatic rings. The maximum Gasteiger partial charge on any atom is 0.236 e. The number of amides is 1. The summed E-state index contributed by atoms with van der Waals surface area (Å²) < 4.78 is 0. The monoisotopic (exact) mass is 242 g/mol. The Kier molecular flexibility index (Phi) is 10.2. The van der Waals surface area contributed by atoms with Gasteiger partial charge < -0.3 is 11.1 Å². The number of nitrogens with one attached hydrogen (secondary N) is 1. The van der Waals surface area contributed by atoms with Gasteiger partial charge >= 0.3 is 0 Å². The molecule has 3 N–H and O–H groups in total. The minimum Gasteiger partial charge on any atom is -0.354 e. The normalized spacial score (nSPS) is 14.4. The van der Waals surface area contributed by atoms with E-state index in [0.29, 0.717) is 5.92 Å². The number of carbonyl (C=O) groups is 1. The van der Waals surface area contributed by atoms with Crippen LogP contribution >= 0.6 is 0 Å². The molecular formula is C14H30N2O. The average molecular weight is 242 g/mol. The molecule has 0 aliphatic heterocycles. The van der Waals surface area contributed by atoms with Gasteiger partial charge in [-0.1, -0.05) is 52.9 Å². The standard InChI is InChI=1S/C14H30N2O/c1-4-7-9-12(6-3)11-16-14(17)13(15)10-8-5-2/h12-13H,4-11,15H2,1-3H3,(H,16,17)/t12?,13-/m0/s1. The fourth-order valence-electron chi connectivity index (χ4n) is 1.87. The molecule has 0 bridgehead atoms. The van der Waals surface area contributed by atoms with E-state index >= 15 is 0 Å². The highest BCUT2D eigenvalue weighted by molar-refractivity contribution is 5.81. The smallest absolute Gasteiger partial charge is 0.236 e. The third kappa shape index (κ3) is 8.19. The van der Waals surface area contributed by atoms with Gasteiger partial charge in [0.05, 0.1) is 6.04 Å². The molecule has 0 rings (SSSR count). The Balaban J connectivity index is 3.78. The molecule has 0 aromatic carbocycles. The zero-order valence-electron chi connectivity index (χ0n) is 11.8. The van der Waals surface area contributed by atoms with Crippen LogP contribution in [0.3, 0.4) is 0 Å². The third-order valence-electron chi connectivity index (χ3n) is 3.31. The van der Waals surface area contributed by atoms with Crippen LogP contribution in [-0.4, -0.2) is 18.5 Å². The van der Waals surface area contributed by atoms with Crippen LogP contribution in [0.5, 0.6) is 0 Å². The van der Waals surface area contributed by atoms with Crippen molar-refractivity contribution in [3.63, 3.8) is 0 Å². The first-order valence-corrected chi connectivity index (χ1v) is 7.18. The van der Waals surface area contributed by atoms with Gasteiger partial charge in [-0.25, -0.2) is 0 Å². The van der Waals surface area contributed by atoms with E-state index in [-0.39, 0.29) is 11.9 Å². The van der Waals surface area contributed by atoms with Crippen LogP contribution in [0, 0.1) is 5.92 Å². The summed E-state index contributed by atoms with van der Waals surface area (Å²) in [5.41, 5.74) is 5.82. The largest absolute Gasteiger partial charge is 0.354 e. The van der Waals surface area contributed by atoms with Gasteiger partial charge in [0.25, 0.3) is 0 Å². The van der Waals surface area contributed by atoms with Crippen molar-refractivity contribution >= 4 is 5.91 Å². The van der Waals surface area contributed by atoms with Crippen LogP contribution in [0.15, 0.2) is 0 Å². The van der Waals surface area contributed by atoms with E-state index in [2.05, 4.69) is 26.1 Å². The van der Waals surface area contributed by atoms with Crippen molar-refractivity contribution in [3.05, 3.63) is 0 Å². The third-order valence-corrected chi connectivity index (χ3v) is 3.31. The molecule has 2 atom stereocenters. The van der Waals surface area contributed by atoms with Crippen LogP contribution in [0.4, 0.5) is 0 Å². The fraction of sp³-hybridized carbons (Fsp3) is 0.929. The number of carbonyl (C=O) groups excluding carboxylic acids is 1. The molecule has 0 fully saturated rings. The summed E-state index contributed by atoms with van der Waals surface area (Å²) in [5.74, 6) is 0.630. The molecule has 1 amide bonds. The Hall–Kier alpha value is -0.570. The van der Waals surface area contributed by atoms with E-state index in [1.807, 2.05) is 0 Å². The second-order valence-corrected chi connectivity index (χ2v) is 4.91. The van der Waals surface area contributed by atoms with E-state index in [1.165, 1.54) is 19.3 Å². The molecular weight excluding hydrogens is 212 g/mol. The highest BCUT2D eigenvalue weighted by atomic mass is 16.2. The van der Waals surface area contributed by atoms with Gasteiger partial charge in [0.2, 0.25) is 5.91 Å². The maximum atomic E-state index is 11.7. The summed E-state index contributed by atoms with van der Waals surface area (Å²) in [6, 6.07) is -0.321. The lowest BCUT2D eigenvalue weighted by Crippen LogP contribution is -2.42. The van der Waals surface area contributed by atoms with Crippen LogP contribution in [0.25, 0.3) is 0 Å². The summed E-state index contributed by atoms with van der Waals surface area (Å²) in [6.07, 6.45) is 7.73. The molecule has 3 nitrogen and oxygen atoms in total. The highest BCUT2D eigenvalue weighted by Crippen LogP contribution is 2.11. The molecule has 0 aliphatic carbocycles. The molecule has 0 saturated heterocycles. The van der Waals surface area contributed by atoms with Crippen molar-refractivity contribution in [1.82, 2.24) is 5.32 Å². The Labute approximate surface area is 107 Å². The summed E-state index contributed by atoms with van der Waals surface area (Å²) in [6.45, 7) is 7.28. The van der Waals surface area contributed by atoms with E-state index in [9.17, 15) is 4.79 Å². The zero-order chi connectivity index (χ0) is 13.1. The van der Waals surface area contributed by atoms with Crippen LogP contribution in [0.1, 0.15) is 65.7 Å². The van der Waals surface area contributed by atoms with Crippen molar-refractivity contribution in [2.75, 3.05) is 6.54 Å². The molecule has 3 heteroatoms.